The Morgan fingerprint density at radius 2 is 2.25 bits per heavy atom. The lowest BCUT2D eigenvalue weighted by Crippen LogP contribution is -2.31. The lowest BCUT2D eigenvalue weighted by atomic mass is 10.3. The Bertz CT molecular complexity index is 422. The van der Waals surface area contributed by atoms with Gasteiger partial charge >= 0.3 is 6.03 Å². The summed E-state index contributed by atoms with van der Waals surface area (Å²) in [6.45, 7) is 2.07. The number of amides is 2. The maximum absolute atomic E-state index is 12.9. The smallest absolute Gasteiger partial charge is 0.319 e. The van der Waals surface area contributed by atoms with Gasteiger partial charge < -0.3 is 16.4 Å². The average molecular weight is 223 g/mol. The molecule has 16 heavy (non-hydrogen) atoms. The van der Waals surface area contributed by atoms with Gasteiger partial charge in [0.05, 0.1) is 5.69 Å². The third-order valence-electron chi connectivity index (χ3n) is 2.68. The topological polar surface area (TPSA) is 67.2 Å². The summed E-state index contributed by atoms with van der Waals surface area (Å²) in [5.41, 5.74) is 5.90. The summed E-state index contributed by atoms with van der Waals surface area (Å²) in [5.74, 6) is 0.0609. The number of anilines is 2. The van der Waals surface area contributed by atoms with Crippen molar-refractivity contribution in [3.05, 3.63) is 24.0 Å². The molecule has 5 heteroatoms. The molecule has 4 N–H and O–H groups in total. The van der Waals surface area contributed by atoms with Crippen LogP contribution >= 0.6 is 0 Å². The van der Waals surface area contributed by atoms with E-state index in [0.717, 1.165) is 6.42 Å². The SMILES string of the molecule is CC1CC1NC(=O)Nc1ccc(F)c(N)c1. The Kier molecular flexibility index (Phi) is 2.68. The Balaban J connectivity index is 1.92. The van der Waals surface area contributed by atoms with E-state index >= 15 is 0 Å². The van der Waals surface area contributed by atoms with Crippen molar-refractivity contribution >= 4 is 17.4 Å². The maximum Gasteiger partial charge on any atom is 0.319 e. The van der Waals surface area contributed by atoms with Gasteiger partial charge in [-0.3, -0.25) is 0 Å². The van der Waals surface area contributed by atoms with Crippen LogP contribution in [0, 0.1) is 11.7 Å². The normalized spacial score (nSPS) is 22.6. The first-order valence-electron chi connectivity index (χ1n) is 5.19. The fourth-order valence-electron chi connectivity index (χ4n) is 1.48. The molecule has 0 aliphatic heterocycles. The highest BCUT2D eigenvalue weighted by atomic mass is 19.1. The third kappa shape index (κ3) is 2.42. The summed E-state index contributed by atoms with van der Waals surface area (Å²) in [5, 5.41) is 5.41. The van der Waals surface area contributed by atoms with Crippen molar-refractivity contribution < 1.29 is 9.18 Å². The number of urea groups is 1. The molecule has 1 aliphatic carbocycles. The number of benzene rings is 1. The molecule has 0 aromatic heterocycles. The second kappa shape index (κ2) is 4.00. The predicted molar refractivity (Wildman–Crippen MR) is 60.5 cm³/mol. The molecular weight excluding hydrogens is 209 g/mol. The van der Waals surface area contributed by atoms with Gasteiger partial charge in [-0.05, 0) is 30.5 Å². The molecule has 2 amide bonds. The van der Waals surface area contributed by atoms with E-state index in [4.69, 9.17) is 5.73 Å². The van der Waals surface area contributed by atoms with Gasteiger partial charge in [-0.2, -0.15) is 0 Å². The number of halogens is 1. The highest BCUT2D eigenvalue weighted by Crippen LogP contribution is 2.29. The number of carbonyl (C=O) groups excluding carboxylic acids is 1. The van der Waals surface area contributed by atoms with E-state index in [1.807, 2.05) is 0 Å². The van der Waals surface area contributed by atoms with Gasteiger partial charge in [0.15, 0.2) is 0 Å². The van der Waals surface area contributed by atoms with Gasteiger partial charge in [-0.15, -0.1) is 0 Å². The van der Waals surface area contributed by atoms with E-state index < -0.39 is 5.82 Å². The van der Waals surface area contributed by atoms with Crippen LogP contribution in [-0.2, 0) is 0 Å². The third-order valence-corrected chi connectivity index (χ3v) is 2.68. The fourth-order valence-corrected chi connectivity index (χ4v) is 1.48. The predicted octanol–water partition coefficient (Wildman–Crippen LogP) is 1.94. The largest absolute Gasteiger partial charge is 0.396 e. The monoisotopic (exact) mass is 223 g/mol. The standard InChI is InChI=1S/C11H14FN3O/c1-6-4-10(6)15-11(16)14-7-2-3-8(12)9(13)5-7/h2-3,5-6,10H,4,13H2,1H3,(H2,14,15,16). The second-order valence-electron chi connectivity index (χ2n) is 4.15. The molecule has 1 aromatic rings. The molecular formula is C11H14FN3O. The van der Waals surface area contributed by atoms with E-state index in [2.05, 4.69) is 17.6 Å². The molecule has 1 fully saturated rings. The Labute approximate surface area is 93.0 Å². The number of hydrogen-bond acceptors (Lipinski definition) is 2. The van der Waals surface area contributed by atoms with Crippen LogP contribution < -0.4 is 16.4 Å². The van der Waals surface area contributed by atoms with Crippen molar-refractivity contribution in [3.8, 4) is 0 Å². The number of nitrogen functional groups attached to an aromatic ring is 1. The summed E-state index contributed by atoms with van der Waals surface area (Å²) in [4.78, 5) is 11.4. The first kappa shape index (κ1) is 10.7. The summed E-state index contributed by atoms with van der Waals surface area (Å²) < 4.78 is 12.9. The Morgan fingerprint density at radius 1 is 1.56 bits per heavy atom. The maximum atomic E-state index is 12.9. The van der Waals surface area contributed by atoms with Crippen LogP contribution in [0.3, 0.4) is 0 Å². The highest BCUT2D eigenvalue weighted by molar-refractivity contribution is 5.90. The van der Waals surface area contributed by atoms with E-state index in [1.54, 1.807) is 0 Å². The molecule has 4 nitrogen and oxygen atoms in total. The van der Waals surface area contributed by atoms with Gasteiger partial charge in [0.1, 0.15) is 5.82 Å². The van der Waals surface area contributed by atoms with Crippen LogP contribution in [0.15, 0.2) is 18.2 Å². The molecule has 2 unspecified atom stereocenters. The quantitative estimate of drug-likeness (QED) is 0.671. The van der Waals surface area contributed by atoms with Crippen molar-refractivity contribution in [2.75, 3.05) is 11.1 Å². The fraction of sp³-hybridized carbons (Fsp3) is 0.364. The Hall–Kier alpha value is -1.78. The van der Waals surface area contributed by atoms with E-state index in [-0.39, 0.29) is 17.8 Å². The molecule has 2 atom stereocenters. The van der Waals surface area contributed by atoms with Crippen LogP contribution in [0.4, 0.5) is 20.6 Å². The minimum Gasteiger partial charge on any atom is -0.396 e. The first-order valence-corrected chi connectivity index (χ1v) is 5.19. The number of nitrogens with two attached hydrogens (primary N) is 1. The van der Waals surface area contributed by atoms with Gasteiger partial charge in [0, 0.05) is 11.7 Å². The van der Waals surface area contributed by atoms with Crippen LogP contribution in [0.1, 0.15) is 13.3 Å². The molecule has 1 aromatic carbocycles. The molecule has 0 saturated heterocycles. The van der Waals surface area contributed by atoms with Gasteiger partial charge in [0.25, 0.3) is 0 Å². The summed E-state index contributed by atoms with van der Waals surface area (Å²) >= 11 is 0. The molecule has 0 radical (unpaired) electrons. The average Bonchev–Trinajstić information content (AvgIpc) is 2.88. The molecule has 1 saturated carbocycles. The molecule has 0 heterocycles. The minimum absolute atomic E-state index is 0.0255. The zero-order chi connectivity index (χ0) is 11.7. The molecule has 86 valence electrons. The van der Waals surface area contributed by atoms with Crippen molar-refractivity contribution in [3.63, 3.8) is 0 Å². The van der Waals surface area contributed by atoms with Crippen LogP contribution in [0.5, 0.6) is 0 Å². The van der Waals surface area contributed by atoms with Crippen molar-refractivity contribution in [2.45, 2.75) is 19.4 Å². The van der Waals surface area contributed by atoms with Crippen molar-refractivity contribution in [1.29, 1.82) is 0 Å². The highest BCUT2D eigenvalue weighted by Gasteiger charge is 2.33. The molecule has 1 aliphatic rings. The minimum atomic E-state index is -0.484. The second-order valence-corrected chi connectivity index (χ2v) is 4.15. The number of hydrogen-bond donors (Lipinski definition) is 3. The first-order chi connectivity index (χ1) is 7.56. The van der Waals surface area contributed by atoms with Gasteiger partial charge in [-0.1, -0.05) is 6.92 Å². The zero-order valence-corrected chi connectivity index (χ0v) is 8.96. The van der Waals surface area contributed by atoms with E-state index in [1.165, 1.54) is 18.2 Å². The van der Waals surface area contributed by atoms with Gasteiger partial charge in [0.2, 0.25) is 0 Å². The summed E-state index contributed by atoms with van der Waals surface area (Å²) in [6, 6.07) is 4.08. The van der Waals surface area contributed by atoms with E-state index in [0.29, 0.717) is 11.6 Å². The van der Waals surface area contributed by atoms with Crippen LogP contribution in [0.25, 0.3) is 0 Å². The molecule has 0 bridgehead atoms. The zero-order valence-electron chi connectivity index (χ0n) is 8.96. The lowest BCUT2D eigenvalue weighted by Gasteiger charge is -2.07. The van der Waals surface area contributed by atoms with Crippen molar-refractivity contribution in [2.24, 2.45) is 5.92 Å². The number of rotatable bonds is 2. The summed E-state index contributed by atoms with van der Waals surface area (Å²) in [7, 11) is 0. The molecule has 2 rings (SSSR count). The van der Waals surface area contributed by atoms with Crippen LogP contribution in [-0.4, -0.2) is 12.1 Å². The number of nitrogens with one attached hydrogen (secondary N) is 2. The van der Waals surface area contributed by atoms with Gasteiger partial charge in [-0.25, -0.2) is 9.18 Å². The number of carbonyl (C=O) groups is 1. The van der Waals surface area contributed by atoms with Crippen LogP contribution in [0.2, 0.25) is 0 Å². The molecule has 0 spiro atoms. The van der Waals surface area contributed by atoms with Crippen molar-refractivity contribution in [1.82, 2.24) is 5.32 Å². The lowest BCUT2D eigenvalue weighted by molar-refractivity contribution is 0.251. The van der Waals surface area contributed by atoms with E-state index in [9.17, 15) is 9.18 Å². The Morgan fingerprint density at radius 3 is 2.81 bits per heavy atom. The summed E-state index contributed by atoms with van der Waals surface area (Å²) in [6.07, 6.45) is 1.01.